The minimum Gasteiger partial charge on any atom is -0.399 e. The second kappa shape index (κ2) is 6.74. The third kappa shape index (κ3) is 3.83. The molecular formula is C16H20N2O2S. The molecule has 112 valence electrons. The average Bonchev–Trinajstić information content (AvgIpc) is 2.50. The van der Waals surface area contributed by atoms with Crippen molar-refractivity contribution < 1.29 is 8.42 Å². The summed E-state index contributed by atoms with van der Waals surface area (Å²) < 4.78 is 26.9. The number of rotatable bonds is 6. The maximum Gasteiger partial charge on any atom is 0.243 e. The maximum atomic E-state index is 12.7. The van der Waals surface area contributed by atoms with Crippen molar-refractivity contribution in [2.75, 3.05) is 12.3 Å². The van der Waals surface area contributed by atoms with Crippen LogP contribution in [0.5, 0.6) is 0 Å². The molecule has 0 aliphatic carbocycles. The Morgan fingerprint density at radius 3 is 2.19 bits per heavy atom. The van der Waals surface area contributed by atoms with E-state index in [0.29, 0.717) is 23.7 Å². The normalized spacial score (nSPS) is 11.7. The second-order valence-electron chi connectivity index (χ2n) is 4.89. The van der Waals surface area contributed by atoms with E-state index >= 15 is 0 Å². The summed E-state index contributed by atoms with van der Waals surface area (Å²) >= 11 is 0. The van der Waals surface area contributed by atoms with Crippen LogP contribution in [0.15, 0.2) is 59.5 Å². The van der Waals surface area contributed by atoms with Gasteiger partial charge in [0.1, 0.15) is 0 Å². The number of hydrogen-bond acceptors (Lipinski definition) is 3. The standard InChI is InChI=1S/C16H20N2O2S/c1-2-12-18(13-14-8-10-15(17)11-9-14)21(19,20)16-6-4-3-5-7-16/h3-11H,2,12-13,17H2,1H3. The van der Waals surface area contributed by atoms with E-state index < -0.39 is 10.0 Å². The molecule has 0 bridgehead atoms. The molecule has 0 unspecified atom stereocenters. The maximum absolute atomic E-state index is 12.7. The van der Waals surface area contributed by atoms with Crippen molar-refractivity contribution in [3.05, 3.63) is 60.2 Å². The van der Waals surface area contributed by atoms with Gasteiger partial charge in [-0.25, -0.2) is 8.42 Å². The first-order chi connectivity index (χ1) is 10.0. The Kier molecular flexibility index (Phi) is 4.98. The van der Waals surface area contributed by atoms with Gasteiger partial charge in [0.15, 0.2) is 0 Å². The van der Waals surface area contributed by atoms with Crippen LogP contribution in [0.3, 0.4) is 0 Å². The van der Waals surface area contributed by atoms with E-state index in [-0.39, 0.29) is 0 Å². The molecule has 0 fully saturated rings. The predicted octanol–water partition coefficient (Wildman–Crippen LogP) is 2.87. The van der Waals surface area contributed by atoms with Crippen molar-refractivity contribution in [1.82, 2.24) is 4.31 Å². The zero-order valence-corrected chi connectivity index (χ0v) is 12.9. The van der Waals surface area contributed by atoms with Gasteiger partial charge in [0.25, 0.3) is 0 Å². The van der Waals surface area contributed by atoms with Crippen LogP contribution in [0.1, 0.15) is 18.9 Å². The SMILES string of the molecule is CCCN(Cc1ccc(N)cc1)S(=O)(=O)c1ccccc1. The minimum atomic E-state index is -3.47. The van der Waals surface area contributed by atoms with Gasteiger partial charge in [-0.15, -0.1) is 0 Å². The first-order valence-corrected chi connectivity index (χ1v) is 8.37. The van der Waals surface area contributed by atoms with Gasteiger partial charge in [-0.3, -0.25) is 0 Å². The van der Waals surface area contributed by atoms with Gasteiger partial charge >= 0.3 is 0 Å². The lowest BCUT2D eigenvalue weighted by Crippen LogP contribution is -2.31. The number of nitrogens with two attached hydrogens (primary N) is 1. The lowest BCUT2D eigenvalue weighted by Gasteiger charge is -2.21. The van der Waals surface area contributed by atoms with Crippen LogP contribution in [0.4, 0.5) is 5.69 Å². The van der Waals surface area contributed by atoms with Gasteiger partial charge in [-0.05, 0) is 36.2 Å². The van der Waals surface area contributed by atoms with Crippen molar-refractivity contribution >= 4 is 15.7 Å². The Balaban J connectivity index is 2.28. The highest BCUT2D eigenvalue weighted by molar-refractivity contribution is 7.89. The highest BCUT2D eigenvalue weighted by atomic mass is 32.2. The molecule has 0 aromatic heterocycles. The molecule has 0 radical (unpaired) electrons. The zero-order chi connectivity index (χ0) is 15.3. The van der Waals surface area contributed by atoms with Gasteiger partial charge in [0, 0.05) is 18.8 Å². The molecule has 21 heavy (non-hydrogen) atoms. The molecular weight excluding hydrogens is 284 g/mol. The molecule has 2 N–H and O–H groups in total. The van der Waals surface area contributed by atoms with E-state index in [2.05, 4.69) is 0 Å². The first kappa shape index (κ1) is 15.5. The van der Waals surface area contributed by atoms with Crippen molar-refractivity contribution in [3.8, 4) is 0 Å². The molecule has 2 rings (SSSR count). The van der Waals surface area contributed by atoms with E-state index in [1.807, 2.05) is 25.1 Å². The van der Waals surface area contributed by atoms with E-state index in [4.69, 9.17) is 5.73 Å². The van der Waals surface area contributed by atoms with Gasteiger partial charge in [-0.2, -0.15) is 4.31 Å². The number of nitrogen functional groups attached to an aromatic ring is 1. The van der Waals surface area contributed by atoms with Crippen LogP contribution in [-0.2, 0) is 16.6 Å². The molecule has 0 spiro atoms. The van der Waals surface area contributed by atoms with Crippen LogP contribution >= 0.6 is 0 Å². The Morgan fingerprint density at radius 2 is 1.62 bits per heavy atom. The van der Waals surface area contributed by atoms with Crippen molar-refractivity contribution in [2.45, 2.75) is 24.8 Å². The fraction of sp³-hybridized carbons (Fsp3) is 0.250. The Hall–Kier alpha value is -1.85. The monoisotopic (exact) mass is 304 g/mol. The van der Waals surface area contributed by atoms with Crippen LogP contribution in [-0.4, -0.2) is 19.3 Å². The van der Waals surface area contributed by atoms with Gasteiger partial charge in [0.05, 0.1) is 4.90 Å². The molecule has 0 atom stereocenters. The summed E-state index contributed by atoms with van der Waals surface area (Å²) in [5, 5.41) is 0. The molecule has 0 amide bonds. The average molecular weight is 304 g/mol. The summed E-state index contributed by atoms with van der Waals surface area (Å²) in [6.07, 6.45) is 0.765. The molecule has 0 saturated carbocycles. The Bertz CT molecular complexity index is 667. The summed E-state index contributed by atoms with van der Waals surface area (Å²) in [5.74, 6) is 0. The first-order valence-electron chi connectivity index (χ1n) is 6.93. The number of hydrogen-bond donors (Lipinski definition) is 1. The van der Waals surface area contributed by atoms with Crippen LogP contribution in [0.25, 0.3) is 0 Å². The van der Waals surface area contributed by atoms with Crippen molar-refractivity contribution in [3.63, 3.8) is 0 Å². The molecule has 0 aliphatic rings. The lowest BCUT2D eigenvalue weighted by molar-refractivity contribution is 0.405. The summed E-state index contributed by atoms with van der Waals surface area (Å²) in [5.41, 5.74) is 7.26. The lowest BCUT2D eigenvalue weighted by atomic mass is 10.2. The largest absolute Gasteiger partial charge is 0.399 e. The molecule has 0 aliphatic heterocycles. The third-order valence-electron chi connectivity index (χ3n) is 3.19. The van der Waals surface area contributed by atoms with Crippen LogP contribution in [0, 0.1) is 0 Å². The molecule has 5 heteroatoms. The van der Waals surface area contributed by atoms with Crippen molar-refractivity contribution in [2.24, 2.45) is 0 Å². The number of benzene rings is 2. The fourth-order valence-corrected chi connectivity index (χ4v) is 3.64. The molecule has 2 aromatic carbocycles. The van der Waals surface area contributed by atoms with Crippen molar-refractivity contribution in [1.29, 1.82) is 0 Å². The van der Waals surface area contributed by atoms with Crippen LogP contribution in [0.2, 0.25) is 0 Å². The smallest absolute Gasteiger partial charge is 0.243 e. The summed E-state index contributed by atoms with van der Waals surface area (Å²) in [7, 11) is -3.47. The number of nitrogens with zero attached hydrogens (tertiary/aromatic N) is 1. The summed E-state index contributed by atoms with van der Waals surface area (Å²) in [6, 6.07) is 15.8. The van der Waals surface area contributed by atoms with Gasteiger partial charge in [-0.1, -0.05) is 37.3 Å². The quantitative estimate of drug-likeness (QED) is 0.835. The minimum absolute atomic E-state index is 0.328. The van der Waals surface area contributed by atoms with E-state index in [1.54, 1.807) is 36.4 Å². The van der Waals surface area contributed by atoms with E-state index in [9.17, 15) is 8.42 Å². The topological polar surface area (TPSA) is 63.4 Å². The highest BCUT2D eigenvalue weighted by Gasteiger charge is 2.23. The third-order valence-corrected chi connectivity index (χ3v) is 5.05. The highest BCUT2D eigenvalue weighted by Crippen LogP contribution is 2.19. The van der Waals surface area contributed by atoms with Gasteiger partial charge < -0.3 is 5.73 Å². The van der Waals surface area contributed by atoms with Crippen LogP contribution < -0.4 is 5.73 Å². The van der Waals surface area contributed by atoms with Gasteiger partial charge in [0.2, 0.25) is 10.0 Å². The zero-order valence-electron chi connectivity index (χ0n) is 12.1. The molecule has 2 aromatic rings. The molecule has 0 heterocycles. The van der Waals surface area contributed by atoms with E-state index in [1.165, 1.54) is 4.31 Å². The number of anilines is 1. The Labute approximate surface area is 126 Å². The Morgan fingerprint density at radius 1 is 1.00 bits per heavy atom. The molecule has 4 nitrogen and oxygen atoms in total. The summed E-state index contributed by atoms with van der Waals surface area (Å²) in [6.45, 7) is 2.81. The van der Waals surface area contributed by atoms with E-state index in [0.717, 1.165) is 12.0 Å². The second-order valence-corrected chi connectivity index (χ2v) is 6.83. The summed E-state index contributed by atoms with van der Waals surface area (Å²) in [4.78, 5) is 0.328. The molecule has 0 saturated heterocycles. The number of sulfonamides is 1. The fourth-order valence-electron chi connectivity index (χ4n) is 2.10. The predicted molar refractivity (Wildman–Crippen MR) is 85.2 cm³/mol.